The third-order valence-corrected chi connectivity index (χ3v) is 5.51. The molecule has 0 saturated carbocycles. The molecule has 4 aromatic rings. The van der Waals surface area contributed by atoms with Crippen molar-refractivity contribution < 1.29 is 24.3 Å². The second-order valence-corrected chi connectivity index (χ2v) is 9.34. The normalized spacial score (nSPS) is 11.2. The molecular weight excluding hydrogens is 458 g/mol. The van der Waals surface area contributed by atoms with Crippen LogP contribution in [0.25, 0.3) is 10.9 Å². The molecule has 0 spiro atoms. The van der Waals surface area contributed by atoms with Crippen LogP contribution in [0.2, 0.25) is 0 Å². The van der Waals surface area contributed by atoms with Gasteiger partial charge in [0.05, 0.1) is 16.5 Å². The molecule has 8 heteroatoms. The Morgan fingerprint density at radius 3 is 2.19 bits per heavy atom. The Morgan fingerprint density at radius 1 is 0.917 bits per heavy atom. The van der Waals surface area contributed by atoms with Crippen molar-refractivity contribution in [3.8, 4) is 5.88 Å². The lowest BCUT2D eigenvalue weighted by atomic mass is 9.98. The van der Waals surface area contributed by atoms with Gasteiger partial charge in [-0.1, -0.05) is 60.7 Å². The molecule has 1 heterocycles. The number of aromatic nitrogens is 1. The lowest BCUT2D eigenvalue weighted by Crippen LogP contribution is -2.31. The second-order valence-electron chi connectivity index (χ2n) is 9.34. The summed E-state index contributed by atoms with van der Waals surface area (Å²) in [7, 11) is 0. The van der Waals surface area contributed by atoms with E-state index in [0.29, 0.717) is 23.2 Å². The first-order valence-corrected chi connectivity index (χ1v) is 11.4. The number of carbonyl (C=O) groups is 3. The van der Waals surface area contributed by atoms with Gasteiger partial charge in [-0.05, 0) is 44.5 Å². The average Bonchev–Trinajstić information content (AvgIpc) is 3.13. The maximum atomic E-state index is 13.3. The summed E-state index contributed by atoms with van der Waals surface area (Å²) in [4.78, 5) is 43.9. The molecule has 0 unspecified atom stereocenters. The molecule has 3 aromatic carbocycles. The van der Waals surface area contributed by atoms with Gasteiger partial charge in [-0.2, -0.15) is 0 Å². The topological polar surface area (TPSA) is 110 Å². The van der Waals surface area contributed by atoms with E-state index >= 15 is 0 Å². The number of ketones is 1. The molecule has 0 saturated heterocycles. The van der Waals surface area contributed by atoms with E-state index in [2.05, 4.69) is 10.6 Å². The van der Waals surface area contributed by atoms with Crippen molar-refractivity contribution in [1.29, 1.82) is 0 Å². The third kappa shape index (κ3) is 5.22. The Balaban J connectivity index is 1.69. The number of hydrogen-bond acceptors (Lipinski definition) is 5. The van der Waals surface area contributed by atoms with Crippen molar-refractivity contribution in [2.45, 2.75) is 27.3 Å². The quantitative estimate of drug-likeness (QED) is 0.337. The van der Waals surface area contributed by atoms with Gasteiger partial charge in [-0.3, -0.25) is 4.79 Å². The molecule has 36 heavy (non-hydrogen) atoms. The minimum atomic E-state index is -0.861. The monoisotopic (exact) mass is 485 g/mol. The zero-order valence-corrected chi connectivity index (χ0v) is 20.2. The standard InChI is InChI=1S/C28H27N3O5/c1-28(2,3)26(34)36-31-22-16-20(30-27(35)29-17-18-10-6-4-7-11-18)14-15-21(22)23(25(31)33)24(32)19-12-8-5-9-13-19/h4-16,33H,17H2,1-3H3,(H2,29,30,35). The van der Waals surface area contributed by atoms with Gasteiger partial charge in [0.2, 0.25) is 5.88 Å². The minimum absolute atomic E-state index is 0.00186. The van der Waals surface area contributed by atoms with Gasteiger partial charge in [-0.15, -0.1) is 4.73 Å². The number of hydrogen-bond donors (Lipinski definition) is 3. The number of carbonyl (C=O) groups excluding carboxylic acids is 3. The van der Waals surface area contributed by atoms with E-state index in [1.165, 1.54) is 6.07 Å². The Labute approximate surface area is 208 Å². The van der Waals surface area contributed by atoms with Crippen LogP contribution in [0.1, 0.15) is 42.3 Å². The molecule has 0 aliphatic carbocycles. The van der Waals surface area contributed by atoms with Crippen LogP contribution in [-0.4, -0.2) is 27.6 Å². The van der Waals surface area contributed by atoms with Crippen molar-refractivity contribution in [2.24, 2.45) is 5.41 Å². The first-order chi connectivity index (χ1) is 17.1. The number of nitrogens with zero attached hydrogens (tertiary/aromatic N) is 1. The molecule has 0 atom stereocenters. The summed E-state index contributed by atoms with van der Waals surface area (Å²) in [5.41, 5.74) is 1.09. The van der Waals surface area contributed by atoms with Crippen molar-refractivity contribution in [3.05, 3.63) is 95.6 Å². The summed E-state index contributed by atoms with van der Waals surface area (Å²) in [5, 5.41) is 16.9. The van der Waals surface area contributed by atoms with E-state index in [0.717, 1.165) is 10.3 Å². The van der Waals surface area contributed by atoms with Gasteiger partial charge in [0.15, 0.2) is 5.78 Å². The summed E-state index contributed by atoms with van der Waals surface area (Å²) >= 11 is 0. The molecule has 1 aromatic heterocycles. The van der Waals surface area contributed by atoms with Gasteiger partial charge in [-0.25, -0.2) is 9.59 Å². The van der Waals surface area contributed by atoms with Gasteiger partial charge >= 0.3 is 12.0 Å². The van der Waals surface area contributed by atoms with Crippen LogP contribution in [0, 0.1) is 5.41 Å². The van der Waals surface area contributed by atoms with E-state index in [-0.39, 0.29) is 11.1 Å². The van der Waals surface area contributed by atoms with E-state index in [1.807, 2.05) is 30.3 Å². The van der Waals surface area contributed by atoms with Crippen LogP contribution in [0.15, 0.2) is 78.9 Å². The van der Waals surface area contributed by atoms with Gasteiger partial charge in [0, 0.05) is 23.2 Å². The molecule has 0 radical (unpaired) electrons. The Kier molecular flexibility index (Phi) is 6.78. The highest BCUT2D eigenvalue weighted by molar-refractivity contribution is 6.18. The lowest BCUT2D eigenvalue weighted by molar-refractivity contribution is -0.153. The smallest absolute Gasteiger partial charge is 0.338 e. The molecule has 0 aliphatic rings. The second kappa shape index (κ2) is 9.95. The summed E-state index contributed by atoms with van der Waals surface area (Å²) in [6, 6.07) is 22.3. The maximum absolute atomic E-state index is 13.3. The number of anilines is 1. The van der Waals surface area contributed by atoms with E-state index < -0.39 is 29.1 Å². The van der Waals surface area contributed by atoms with Crippen molar-refractivity contribution in [3.63, 3.8) is 0 Å². The van der Waals surface area contributed by atoms with Crippen LogP contribution in [0.5, 0.6) is 5.88 Å². The zero-order valence-electron chi connectivity index (χ0n) is 20.2. The Hall–Kier alpha value is -4.59. The van der Waals surface area contributed by atoms with Gasteiger partial charge < -0.3 is 20.6 Å². The highest BCUT2D eigenvalue weighted by Gasteiger charge is 2.30. The molecule has 2 amide bonds. The molecule has 0 fully saturated rings. The van der Waals surface area contributed by atoms with Gasteiger partial charge in [0.1, 0.15) is 0 Å². The van der Waals surface area contributed by atoms with Crippen molar-refractivity contribution in [1.82, 2.24) is 10.0 Å². The fourth-order valence-corrected chi connectivity index (χ4v) is 3.55. The Morgan fingerprint density at radius 2 is 1.56 bits per heavy atom. The van der Waals surface area contributed by atoms with E-state index in [4.69, 9.17) is 4.84 Å². The molecular formula is C28H27N3O5. The third-order valence-electron chi connectivity index (χ3n) is 5.51. The summed E-state index contributed by atoms with van der Waals surface area (Å²) in [5.74, 6) is -1.53. The molecule has 3 N–H and O–H groups in total. The lowest BCUT2D eigenvalue weighted by Gasteiger charge is -2.17. The average molecular weight is 486 g/mol. The fraction of sp³-hybridized carbons (Fsp3) is 0.179. The van der Waals surface area contributed by atoms with Crippen LogP contribution >= 0.6 is 0 Å². The number of rotatable bonds is 6. The number of fused-ring (bicyclic) bond motifs is 1. The SMILES string of the molecule is CC(C)(C)C(=O)On1c(O)c(C(=O)c2ccccc2)c2ccc(NC(=O)NCc3ccccc3)cc21. The predicted molar refractivity (Wildman–Crippen MR) is 137 cm³/mol. The number of nitrogens with one attached hydrogen (secondary N) is 2. The number of amides is 2. The van der Waals surface area contributed by atoms with E-state index in [9.17, 15) is 19.5 Å². The van der Waals surface area contributed by atoms with E-state index in [1.54, 1.807) is 63.2 Å². The minimum Gasteiger partial charge on any atom is -0.492 e. The van der Waals surface area contributed by atoms with Crippen molar-refractivity contribution >= 4 is 34.4 Å². The summed E-state index contributed by atoms with van der Waals surface area (Å²) < 4.78 is 0.937. The molecule has 0 bridgehead atoms. The molecule has 4 rings (SSSR count). The Bertz CT molecular complexity index is 1420. The van der Waals surface area contributed by atoms with Gasteiger partial charge in [0.25, 0.3) is 0 Å². The molecule has 184 valence electrons. The highest BCUT2D eigenvalue weighted by Crippen LogP contribution is 2.34. The first kappa shape index (κ1) is 24.5. The van der Waals surface area contributed by atoms with Crippen LogP contribution in [0.3, 0.4) is 0 Å². The van der Waals surface area contributed by atoms with Crippen molar-refractivity contribution in [2.75, 3.05) is 5.32 Å². The van der Waals surface area contributed by atoms with Crippen LogP contribution in [-0.2, 0) is 11.3 Å². The molecule has 0 aliphatic heterocycles. The zero-order chi connectivity index (χ0) is 25.9. The first-order valence-electron chi connectivity index (χ1n) is 11.4. The number of aromatic hydroxyl groups is 1. The highest BCUT2D eigenvalue weighted by atomic mass is 16.7. The summed E-state index contributed by atoms with van der Waals surface area (Å²) in [6.45, 7) is 5.37. The number of urea groups is 1. The van der Waals surface area contributed by atoms with Crippen LogP contribution in [0.4, 0.5) is 10.5 Å². The summed E-state index contributed by atoms with van der Waals surface area (Å²) in [6.07, 6.45) is 0. The van der Waals surface area contributed by atoms with Crippen LogP contribution < -0.4 is 15.5 Å². The predicted octanol–water partition coefficient (Wildman–Crippen LogP) is 4.90. The number of benzene rings is 3. The maximum Gasteiger partial charge on any atom is 0.338 e. The largest absolute Gasteiger partial charge is 0.492 e. The fourth-order valence-electron chi connectivity index (χ4n) is 3.55. The molecule has 8 nitrogen and oxygen atoms in total.